The lowest BCUT2D eigenvalue weighted by atomic mass is 9.78. The number of hydrogen-bond donors (Lipinski definition) is 0. The minimum atomic E-state index is -0.521. The van der Waals surface area contributed by atoms with Gasteiger partial charge in [-0.2, -0.15) is 0 Å². The van der Waals surface area contributed by atoms with E-state index in [2.05, 4.69) is 0 Å². The van der Waals surface area contributed by atoms with Crippen LogP contribution in [0.15, 0.2) is 51.7 Å². The second-order valence-corrected chi connectivity index (χ2v) is 11.9. The van der Waals surface area contributed by atoms with E-state index in [9.17, 15) is 4.79 Å². The lowest BCUT2D eigenvalue weighted by molar-refractivity contribution is 0.00578. The van der Waals surface area contributed by atoms with Crippen LogP contribution in [0.25, 0.3) is 22.1 Å². The predicted octanol–water partition coefficient (Wildman–Crippen LogP) is 5.39. The Morgan fingerprint density at radius 1 is 0.632 bits per heavy atom. The first-order chi connectivity index (χ1) is 17.6. The molecule has 2 aliphatic rings. The summed E-state index contributed by atoms with van der Waals surface area (Å²) >= 11 is 0. The average Bonchev–Trinajstić information content (AvgIpc) is 3.20. The monoisotopic (exact) mass is 518 g/mol. The molecule has 2 fully saturated rings. The molecular weight excluding hydrogens is 478 g/mol. The van der Waals surface area contributed by atoms with E-state index in [1.54, 1.807) is 6.07 Å². The molecule has 0 spiro atoms. The van der Waals surface area contributed by atoms with Crippen LogP contribution in [0, 0.1) is 6.92 Å². The van der Waals surface area contributed by atoms with E-state index >= 15 is 0 Å². The first-order valence-electron chi connectivity index (χ1n) is 13.5. The Morgan fingerprint density at radius 2 is 1.05 bits per heavy atom. The molecule has 2 saturated heterocycles. The van der Waals surface area contributed by atoms with Crippen LogP contribution in [0.1, 0.15) is 75.0 Å². The van der Waals surface area contributed by atoms with Crippen LogP contribution in [0.3, 0.4) is 0 Å². The van der Waals surface area contributed by atoms with Gasteiger partial charge in [0.1, 0.15) is 11.3 Å². The van der Waals surface area contributed by atoms with Gasteiger partial charge in [-0.05, 0) is 90.9 Å². The Bertz CT molecular complexity index is 1360. The van der Waals surface area contributed by atoms with Crippen LogP contribution < -0.4 is 16.4 Å². The van der Waals surface area contributed by atoms with Gasteiger partial charge in [0.15, 0.2) is 0 Å². The van der Waals surface area contributed by atoms with Gasteiger partial charge >= 0.3 is 14.2 Å². The number of fused-ring (bicyclic) bond motifs is 1. The quantitative estimate of drug-likeness (QED) is 0.434. The van der Waals surface area contributed by atoms with Gasteiger partial charge in [-0.1, -0.05) is 44.2 Å². The molecule has 0 amide bonds. The van der Waals surface area contributed by atoms with Crippen molar-refractivity contribution in [2.75, 3.05) is 0 Å². The molecule has 0 aliphatic carbocycles. The molecule has 0 radical (unpaired) electrons. The summed E-state index contributed by atoms with van der Waals surface area (Å²) in [6.07, 6.45) is 0. The SMILES string of the molecule is CC.Cc1oc2cc(B3OC(C)(C)C(C)(C)O3)ccc2c(=O)c1-c1ccc(B2OC(C)(C)C(C)(C)O2)cc1. The molecular formula is C30H40B2O6. The lowest BCUT2D eigenvalue weighted by Gasteiger charge is -2.32. The zero-order valence-corrected chi connectivity index (χ0v) is 24.6. The highest BCUT2D eigenvalue weighted by molar-refractivity contribution is 6.62. The summed E-state index contributed by atoms with van der Waals surface area (Å²) in [5.74, 6) is 0.557. The Balaban J connectivity index is 0.00000164. The van der Waals surface area contributed by atoms with E-state index in [0.29, 0.717) is 22.3 Å². The highest BCUT2D eigenvalue weighted by atomic mass is 16.7. The molecule has 5 rings (SSSR count). The van der Waals surface area contributed by atoms with E-state index < -0.39 is 36.6 Å². The van der Waals surface area contributed by atoms with Gasteiger partial charge in [-0.25, -0.2) is 0 Å². The van der Waals surface area contributed by atoms with Gasteiger partial charge < -0.3 is 23.0 Å². The Labute approximate surface area is 227 Å². The smallest absolute Gasteiger partial charge is 0.460 e. The fourth-order valence-corrected chi connectivity index (χ4v) is 4.57. The summed E-state index contributed by atoms with van der Waals surface area (Å²) in [5.41, 5.74) is 1.80. The molecule has 2 aromatic carbocycles. The van der Waals surface area contributed by atoms with Crippen molar-refractivity contribution in [3.63, 3.8) is 0 Å². The van der Waals surface area contributed by atoms with Crippen LogP contribution in [0.2, 0.25) is 0 Å². The number of rotatable bonds is 3. The first-order valence-corrected chi connectivity index (χ1v) is 13.5. The molecule has 0 saturated carbocycles. The Hall–Kier alpha value is -2.38. The molecule has 3 aromatic rings. The van der Waals surface area contributed by atoms with Crippen LogP contribution in [-0.4, -0.2) is 36.6 Å². The molecule has 1 aromatic heterocycles. The van der Waals surface area contributed by atoms with Gasteiger partial charge in [0.05, 0.1) is 33.4 Å². The van der Waals surface area contributed by atoms with E-state index in [0.717, 1.165) is 16.5 Å². The number of benzene rings is 2. The minimum Gasteiger partial charge on any atom is -0.460 e. The van der Waals surface area contributed by atoms with Gasteiger partial charge in [-0.15, -0.1) is 0 Å². The number of hydrogen-bond acceptors (Lipinski definition) is 6. The van der Waals surface area contributed by atoms with Gasteiger partial charge in [0.2, 0.25) is 5.43 Å². The molecule has 0 bridgehead atoms. The van der Waals surface area contributed by atoms with E-state index in [-0.39, 0.29) is 5.43 Å². The molecule has 38 heavy (non-hydrogen) atoms. The molecule has 8 heteroatoms. The Kier molecular flexibility index (Phi) is 7.28. The van der Waals surface area contributed by atoms with Crippen molar-refractivity contribution in [1.82, 2.24) is 0 Å². The van der Waals surface area contributed by atoms with Gasteiger partial charge in [-0.3, -0.25) is 4.79 Å². The third-order valence-electron chi connectivity index (χ3n) is 8.34. The second kappa shape index (κ2) is 9.67. The molecule has 3 heterocycles. The van der Waals surface area contributed by atoms with Crippen LogP contribution in [0.4, 0.5) is 0 Å². The molecule has 2 aliphatic heterocycles. The third kappa shape index (κ3) is 4.77. The summed E-state index contributed by atoms with van der Waals surface area (Å²) in [5, 5.41) is 0.519. The second-order valence-electron chi connectivity index (χ2n) is 11.9. The van der Waals surface area contributed by atoms with Crippen molar-refractivity contribution in [2.24, 2.45) is 0 Å². The fourth-order valence-electron chi connectivity index (χ4n) is 4.57. The summed E-state index contributed by atoms with van der Waals surface area (Å²) in [7, 11) is -0.973. The Morgan fingerprint density at radius 3 is 1.53 bits per heavy atom. The van der Waals surface area contributed by atoms with Crippen LogP contribution >= 0.6 is 0 Å². The van der Waals surface area contributed by atoms with Gasteiger partial charge in [0, 0.05) is 0 Å². The zero-order chi connectivity index (χ0) is 28.3. The molecule has 202 valence electrons. The predicted molar refractivity (Wildman–Crippen MR) is 155 cm³/mol. The summed E-state index contributed by atoms with van der Waals surface area (Å²) in [4.78, 5) is 13.5. The van der Waals surface area contributed by atoms with Gasteiger partial charge in [0.25, 0.3) is 0 Å². The largest absolute Gasteiger partial charge is 0.494 e. The van der Waals surface area contributed by atoms with Crippen molar-refractivity contribution in [1.29, 1.82) is 0 Å². The molecule has 6 nitrogen and oxygen atoms in total. The normalized spacial score (nSPS) is 20.9. The maximum Gasteiger partial charge on any atom is 0.494 e. The van der Waals surface area contributed by atoms with Crippen molar-refractivity contribution in [2.45, 2.75) is 98.6 Å². The fraction of sp³-hybridized carbons (Fsp3) is 0.500. The molecule has 0 N–H and O–H groups in total. The van der Waals surface area contributed by atoms with E-state index in [1.807, 2.05) is 113 Å². The van der Waals surface area contributed by atoms with Crippen LogP contribution in [0.5, 0.6) is 0 Å². The third-order valence-corrected chi connectivity index (χ3v) is 8.34. The maximum atomic E-state index is 13.5. The maximum absolute atomic E-state index is 13.5. The number of aryl methyl sites for hydroxylation is 1. The van der Waals surface area contributed by atoms with E-state index in [1.165, 1.54) is 0 Å². The zero-order valence-electron chi connectivity index (χ0n) is 24.6. The van der Waals surface area contributed by atoms with E-state index in [4.69, 9.17) is 23.0 Å². The highest BCUT2D eigenvalue weighted by Gasteiger charge is 2.52. The van der Waals surface area contributed by atoms with Crippen LogP contribution in [-0.2, 0) is 18.6 Å². The summed E-state index contributed by atoms with van der Waals surface area (Å²) in [6, 6.07) is 13.3. The van der Waals surface area contributed by atoms with Crippen molar-refractivity contribution >= 4 is 36.1 Å². The average molecular weight is 518 g/mol. The minimum absolute atomic E-state index is 0.0717. The van der Waals surface area contributed by atoms with Crippen molar-refractivity contribution in [3.8, 4) is 11.1 Å². The van der Waals surface area contributed by atoms with Crippen molar-refractivity contribution in [3.05, 3.63) is 58.4 Å². The summed E-state index contributed by atoms with van der Waals surface area (Å²) < 4.78 is 30.8. The topological polar surface area (TPSA) is 67.1 Å². The van der Waals surface area contributed by atoms with Crippen molar-refractivity contribution < 1.29 is 23.0 Å². The standard InChI is InChI=1S/C28H34B2O6.C2H6/c1-17-23(18-10-12-19(13-11-18)29-33-25(2,3)26(4,5)34-29)24(31)21-15-14-20(16-22(21)32-17)30-35-27(6,7)28(8,9)36-30;1-2/h10-16H,1-9H3;1-2H3. The lowest BCUT2D eigenvalue weighted by Crippen LogP contribution is -2.41. The summed E-state index contributed by atoms with van der Waals surface area (Å²) in [6.45, 7) is 22.0. The molecule has 0 unspecified atom stereocenters. The highest BCUT2D eigenvalue weighted by Crippen LogP contribution is 2.38. The molecule has 0 atom stereocenters. The first kappa shape index (κ1) is 28.6.